The van der Waals surface area contributed by atoms with E-state index in [2.05, 4.69) is 17.3 Å². The zero-order valence-corrected chi connectivity index (χ0v) is 11.2. The summed E-state index contributed by atoms with van der Waals surface area (Å²) >= 11 is 1.63. The first-order valence-electron chi connectivity index (χ1n) is 6.38. The van der Waals surface area contributed by atoms with Crippen molar-refractivity contribution in [2.75, 3.05) is 26.7 Å². The molecule has 0 bridgehead atoms. The number of thiophene rings is 1. The van der Waals surface area contributed by atoms with Gasteiger partial charge in [-0.1, -0.05) is 6.42 Å². The quantitative estimate of drug-likeness (QED) is 0.842. The van der Waals surface area contributed by atoms with Crippen LogP contribution in [0.3, 0.4) is 0 Å². The number of likely N-dealkylation sites (tertiary alicyclic amines) is 1. The maximum atomic E-state index is 9.94. The molecule has 1 aliphatic rings. The van der Waals surface area contributed by atoms with Gasteiger partial charge in [0.15, 0.2) is 0 Å². The highest BCUT2D eigenvalue weighted by molar-refractivity contribution is 7.07. The van der Waals surface area contributed by atoms with E-state index in [1.807, 2.05) is 16.8 Å². The number of hydrogen-bond acceptors (Lipinski definition) is 4. The second-order valence-corrected chi connectivity index (χ2v) is 5.64. The summed E-state index contributed by atoms with van der Waals surface area (Å²) in [5.74, 6) is 0. The second kappa shape index (κ2) is 6.50. The molecule has 1 aromatic rings. The summed E-state index contributed by atoms with van der Waals surface area (Å²) in [6.07, 6.45) is 3.57. The third-order valence-electron chi connectivity index (χ3n) is 3.57. The van der Waals surface area contributed by atoms with E-state index in [4.69, 9.17) is 0 Å². The fraction of sp³-hybridized carbons (Fsp3) is 0.692. The highest BCUT2D eigenvalue weighted by atomic mass is 32.1. The van der Waals surface area contributed by atoms with Crippen LogP contribution in [0.5, 0.6) is 0 Å². The molecule has 1 saturated heterocycles. The Morgan fingerprint density at radius 2 is 2.47 bits per heavy atom. The van der Waals surface area contributed by atoms with Crippen LogP contribution in [0.25, 0.3) is 0 Å². The molecule has 2 unspecified atom stereocenters. The lowest BCUT2D eigenvalue weighted by atomic mass is 10.0. The van der Waals surface area contributed by atoms with Gasteiger partial charge >= 0.3 is 0 Å². The minimum atomic E-state index is -0.366. The van der Waals surface area contributed by atoms with Gasteiger partial charge in [0, 0.05) is 19.1 Å². The van der Waals surface area contributed by atoms with Crippen molar-refractivity contribution in [3.63, 3.8) is 0 Å². The molecular formula is C13H22N2OS. The van der Waals surface area contributed by atoms with Crippen LogP contribution < -0.4 is 5.32 Å². The third-order valence-corrected chi connectivity index (χ3v) is 4.27. The largest absolute Gasteiger partial charge is 0.387 e. The molecule has 0 spiro atoms. The van der Waals surface area contributed by atoms with Crippen molar-refractivity contribution < 1.29 is 5.11 Å². The van der Waals surface area contributed by atoms with E-state index in [9.17, 15) is 5.11 Å². The molecule has 0 aliphatic carbocycles. The molecule has 0 radical (unpaired) electrons. The van der Waals surface area contributed by atoms with Crippen LogP contribution in [-0.2, 0) is 0 Å². The summed E-state index contributed by atoms with van der Waals surface area (Å²) in [4.78, 5) is 2.42. The predicted molar refractivity (Wildman–Crippen MR) is 72.4 cm³/mol. The Balaban J connectivity index is 1.68. The standard InChI is InChI=1S/C13H22N2OS/c1-15-6-3-2-4-12(15)8-14-9-13(16)11-5-7-17-10-11/h5,7,10,12-14,16H,2-4,6,8-9H2,1H3. The molecule has 1 aromatic heterocycles. The fourth-order valence-electron chi connectivity index (χ4n) is 2.37. The number of aliphatic hydroxyl groups is 1. The predicted octanol–water partition coefficient (Wildman–Crippen LogP) is 1.86. The Morgan fingerprint density at radius 3 is 3.18 bits per heavy atom. The van der Waals surface area contributed by atoms with Crippen molar-refractivity contribution in [2.45, 2.75) is 31.4 Å². The third kappa shape index (κ3) is 3.78. The number of nitrogens with zero attached hydrogens (tertiary/aromatic N) is 1. The monoisotopic (exact) mass is 254 g/mol. The summed E-state index contributed by atoms with van der Waals surface area (Å²) in [5, 5.41) is 17.3. The number of piperidine rings is 1. The van der Waals surface area contributed by atoms with E-state index in [-0.39, 0.29) is 6.10 Å². The van der Waals surface area contributed by atoms with Crippen LogP contribution in [0, 0.1) is 0 Å². The van der Waals surface area contributed by atoms with Crippen LogP contribution in [0.15, 0.2) is 16.8 Å². The smallest absolute Gasteiger partial charge is 0.0922 e. The normalized spacial score (nSPS) is 23.8. The molecule has 4 heteroatoms. The topological polar surface area (TPSA) is 35.5 Å². The van der Waals surface area contributed by atoms with Crippen molar-refractivity contribution in [2.24, 2.45) is 0 Å². The van der Waals surface area contributed by atoms with Crippen molar-refractivity contribution in [1.82, 2.24) is 10.2 Å². The number of likely N-dealkylation sites (N-methyl/N-ethyl adjacent to an activating group) is 1. The maximum absolute atomic E-state index is 9.94. The molecule has 2 rings (SSSR count). The van der Waals surface area contributed by atoms with Crippen molar-refractivity contribution in [3.05, 3.63) is 22.4 Å². The van der Waals surface area contributed by atoms with E-state index < -0.39 is 0 Å². The SMILES string of the molecule is CN1CCCCC1CNCC(O)c1ccsc1. The Labute approximate surface area is 107 Å². The van der Waals surface area contributed by atoms with Gasteiger partial charge in [-0.3, -0.25) is 0 Å². The van der Waals surface area contributed by atoms with E-state index >= 15 is 0 Å². The Bertz CT molecular complexity index is 315. The number of aliphatic hydroxyl groups excluding tert-OH is 1. The highest BCUT2D eigenvalue weighted by Crippen LogP contribution is 2.16. The van der Waals surface area contributed by atoms with E-state index in [0.29, 0.717) is 12.6 Å². The van der Waals surface area contributed by atoms with Crippen molar-refractivity contribution in [3.8, 4) is 0 Å². The lowest BCUT2D eigenvalue weighted by Gasteiger charge is -2.32. The van der Waals surface area contributed by atoms with E-state index in [1.54, 1.807) is 11.3 Å². The Hall–Kier alpha value is -0.420. The van der Waals surface area contributed by atoms with Gasteiger partial charge in [0.1, 0.15) is 0 Å². The van der Waals surface area contributed by atoms with E-state index in [1.165, 1.54) is 25.8 Å². The van der Waals surface area contributed by atoms with E-state index in [0.717, 1.165) is 12.1 Å². The lowest BCUT2D eigenvalue weighted by Crippen LogP contribution is -2.43. The molecule has 17 heavy (non-hydrogen) atoms. The zero-order chi connectivity index (χ0) is 12.1. The molecular weight excluding hydrogens is 232 g/mol. The van der Waals surface area contributed by atoms with Gasteiger partial charge in [-0.25, -0.2) is 0 Å². The minimum Gasteiger partial charge on any atom is -0.387 e. The van der Waals surface area contributed by atoms with Crippen molar-refractivity contribution in [1.29, 1.82) is 0 Å². The molecule has 2 atom stereocenters. The summed E-state index contributed by atoms with van der Waals surface area (Å²) < 4.78 is 0. The average Bonchev–Trinajstić information content (AvgIpc) is 2.85. The molecule has 96 valence electrons. The first kappa shape index (κ1) is 13.0. The van der Waals surface area contributed by atoms with Gasteiger partial charge in [-0.05, 0) is 48.8 Å². The van der Waals surface area contributed by atoms with Gasteiger partial charge in [0.05, 0.1) is 6.10 Å². The Kier molecular flexibility index (Phi) is 4.98. The molecule has 2 heterocycles. The number of nitrogens with one attached hydrogen (secondary N) is 1. The molecule has 0 saturated carbocycles. The summed E-state index contributed by atoms with van der Waals surface area (Å²) in [7, 11) is 2.20. The first-order valence-corrected chi connectivity index (χ1v) is 7.33. The minimum absolute atomic E-state index is 0.366. The van der Waals surface area contributed by atoms with Gasteiger partial charge in [0.25, 0.3) is 0 Å². The fourth-order valence-corrected chi connectivity index (χ4v) is 3.08. The number of rotatable bonds is 5. The van der Waals surface area contributed by atoms with Crippen molar-refractivity contribution >= 4 is 11.3 Å². The van der Waals surface area contributed by atoms with Crippen LogP contribution >= 0.6 is 11.3 Å². The molecule has 1 fully saturated rings. The van der Waals surface area contributed by atoms with Crippen LogP contribution in [0.2, 0.25) is 0 Å². The molecule has 3 nitrogen and oxygen atoms in total. The summed E-state index contributed by atoms with van der Waals surface area (Å²) in [6.45, 7) is 2.85. The molecule has 2 N–H and O–H groups in total. The zero-order valence-electron chi connectivity index (χ0n) is 10.4. The average molecular weight is 254 g/mol. The first-order chi connectivity index (χ1) is 8.27. The highest BCUT2D eigenvalue weighted by Gasteiger charge is 2.18. The van der Waals surface area contributed by atoms with Gasteiger partial charge < -0.3 is 15.3 Å². The van der Waals surface area contributed by atoms with Crippen LogP contribution in [-0.4, -0.2) is 42.7 Å². The summed E-state index contributed by atoms with van der Waals surface area (Å²) in [5.41, 5.74) is 1.03. The molecule has 0 amide bonds. The Morgan fingerprint density at radius 1 is 1.59 bits per heavy atom. The molecule has 0 aromatic carbocycles. The van der Waals surface area contributed by atoms with Crippen LogP contribution in [0.1, 0.15) is 30.9 Å². The second-order valence-electron chi connectivity index (χ2n) is 4.86. The number of hydrogen-bond donors (Lipinski definition) is 2. The van der Waals surface area contributed by atoms with Gasteiger partial charge in [-0.2, -0.15) is 11.3 Å². The summed E-state index contributed by atoms with van der Waals surface area (Å²) in [6, 6.07) is 2.63. The van der Waals surface area contributed by atoms with Gasteiger partial charge in [-0.15, -0.1) is 0 Å². The van der Waals surface area contributed by atoms with Crippen LogP contribution in [0.4, 0.5) is 0 Å². The van der Waals surface area contributed by atoms with Gasteiger partial charge in [0.2, 0.25) is 0 Å². The molecule has 1 aliphatic heterocycles. The lowest BCUT2D eigenvalue weighted by molar-refractivity contribution is 0.153. The maximum Gasteiger partial charge on any atom is 0.0922 e.